The molecule has 0 aromatic heterocycles. The van der Waals surface area contributed by atoms with E-state index in [0.29, 0.717) is 6.04 Å². The highest BCUT2D eigenvalue weighted by Crippen LogP contribution is 2.38. The lowest BCUT2D eigenvalue weighted by molar-refractivity contribution is 0.869. The molecule has 1 aliphatic rings. The van der Waals surface area contributed by atoms with Crippen molar-refractivity contribution in [2.75, 3.05) is 11.1 Å². The fraction of sp³-hybridized carbons (Fsp3) is 0.250. The summed E-state index contributed by atoms with van der Waals surface area (Å²) in [4.78, 5) is 0. The fourth-order valence-electron chi connectivity index (χ4n) is 2.51. The van der Waals surface area contributed by atoms with Crippen molar-refractivity contribution in [3.05, 3.63) is 62.0 Å². The summed E-state index contributed by atoms with van der Waals surface area (Å²) >= 11 is 9.32. The third-order valence-corrected chi connectivity index (χ3v) is 5.81. The lowest BCUT2D eigenvalue weighted by Crippen LogP contribution is -2.19. The number of benzene rings is 2. The van der Waals surface area contributed by atoms with E-state index >= 15 is 0 Å². The number of halogens is 2. The zero-order chi connectivity index (χ0) is 14.1. The number of fused-ring (bicyclic) bond motifs is 1. The van der Waals surface area contributed by atoms with Crippen LogP contribution in [0.4, 0.5) is 5.69 Å². The Bertz CT molecular complexity index is 619. The smallest absolute Gasteiger partial charge is 0.0634 e. The summed E-state index contributed by atoms with van der Waals surface area (Å²) < 4.78 is 2.22. The van der Waals surface area contributed by atoms with Crippen molar-refractivity contribution in [2.45, 2.75) is 18.7 Å². The SMILES string of the molecule is Cc1cc(Br)c(NC2CSCc3ccccc32)c(Br)c1. The topological polar surface area (TPSA) is 12.0 Å². The normalized spacial score (nSPS) is 17.6. The van der Waals surface area contributed by atoms with Crippen LogP contribution in [0.2, 0.25) is 0 Å². The molecule has 1 N–H and O–H groups in total. The van der Waals surface area contributed by atoms with Gasteiger partial charge in [0.1, 0.15) is 0 Å². The Labute approximate surface area is 140 Å². The van der Waals surface area contributed by atoms with Gasteiger partial charge in [-0.15, -0.1) is 0 Å². The van der Waals surface area contributed by atoms with E-state index in [2.05, 4.69) is 80.5 Å². The standard InChI is InChI=1S/C16H15Br2NS/c1-10-6-13(17)16(14(18)7-10)19-15-9-20-8-11-4-2-3-5-12(11)15/h2-7,15,19H,8-9H2,1H3. The molecule has 1 heterocycles. The Morgan fingerprint density at radius 1 is 1.15 bits per heavy atom. The van der Waals surface area contributed by atoms with Crippen LogP contribution in [0.3, 0.4) is 0 Å². The Morgan fingerprint density at radius 2 is 1.85 bits per heavy atom. The van der Waals surface area contributed by atoms with Gasteiger partial charge in [-0.25, -0.2) is 0 Å². The molecule has 0 aliphatic carbocycles. The van der Waals surface area contributed by atoms with Crippen LogP contribution in [-0.4, -0.2) is 5.75 Å². The number of thioether (sulfide) groups is 1. The predicted molar refractivity (Wildman–Crippen MR) is 95.5 cm³/mol. The zero-order valence-corrected chi connectivity index (χ0v) is 15.1. The van der Waals surface area contributed by atoms with Gasteiger partial charge in [-0.1, -0.05) is 24.3 Å². The molecule has 0 radical (unpaired) electrons. The Hall–Kier alpha value is -0.450. The maximum atomic E-state index is 3.69. The largest absolute Gasteiger partial charge is 0.376 e. The summed E-state index contributed by atoms with van der Waals surface area (Å²) in [6.45, 7) is 2.10. The van der Waals surface area contributed by atoms with Gasteiger partial charge in [-0.05, 0) is 67.6 Å². The molecule has 20 heavy (non-hydrogen) atoms. The highest BCUT2D eigenvalue weighted by molar-refractivity contribution is 9.11. The van der Waals surface area contributed by atoms with E-state index < -0.39 is 0 Å². The van der Waals surface area contributed by atoms with Crippen LogP contribution >= 0.6 is 43.6 Å². The van der Waals surface area contributed by atoms with Gasteiger partial charge in [-0.3, -0.25) is 0 Å². The van der Waals surface area contributed by atoms with Gasteiger partial charge in [-0.2, -0.15) is 11.8 Å². The van der Waals surface area contributed by atoms with E-state index in [4.69, 9.17) is 0 Å². The van der Waals surface area contributed by atoms with Crippen molar-refractivity contribution in [2.24, 2.45) is 0 Å². The molecule has 0 saturated carbocycles. The first-order chi connectivity index (χ1) is 9.65. The first-order valence-corrected chi connectivity index (χ1v) is 9.27. The van der Waals surface area contributed by atoms with Crippen molar-refractivity contribution in [3.8, 4) is 0 Å². The highest BCUT2D eigenvalue weighted by atomic mass is 79.9. The minimum atomic E-state index is 0.361. The second kappa shape index (κ2) is 6.12. The lowest BCUT2D eigenvalue weighted by atomic mass is 10.0. The van der Waals surface area contributed by atoms with Gasteiger partial charge in [0.25, 0.3) is 0 Å². The molecule has 1 nitrogen and oxygen atoms in total. The third-order valence-electron chi connectivity index (χ3n) is 3.48. The fourth-order valence-corrected chi connectivity index (χ4v) is 5.26. The Kier molecular flexibility index (Phi) is 4.43. The lowest BCUT2D eigenvalue weighted by Gasteiger charge is -2.28. The second-order valence-corrected chi connectivity index (χ2v) is 7.75. The number of hydrogen-bond acceptors (Lipinski definition) is 2. The van der Waals surface area contributed by atoms with Crippen LogP contribution in [-0.2, 0) is 5.75 Å². The van der Waals surface area contributed by atoms with Crippen LogP contribution in [0, 0.1) is 6.92 Å². The molecule has 0 fully saturated rings. The number of anilines is 1. The van der Waals surface area contributed by atoms with Crippen molar-refractivity contribution in [1.29, 1.82) is 0 Å². The molecule has 3 rings (SSSR count). The van der Waals surface area contributed by atoms with E-state index in [0.717, 1.165) is 26.1 Å². The minimum absolute atomic E-state index is 0.361. The van der Waals surface area contributed by atoms with E-state index in [9.17, 15) is 0 Å². The van der Waals surface area contributed by atoms with Crippen molar-refractivity contribution in [1.82, 2.24) is 0 Å². The molecule has 0 bridgehead atoms. The Balaban J connectivity index is 1.94. The molecule has 1 unspecified atom stereocenters. The summed E-state index contributed by atoms with van der Waals surface area (Å²) in [5.74, 6) is 2.22. The van der Waals surface area contributed by atoms with E-state index in [-0.39, 0.29) is 0 Å². The van der Waals surface area contributed by atoms with Gasteiger partial charge < -0.3 is 5.32 Å². The summed E-state index contributed by atoms with van der Waals surface area (Å²) in [5.41, 5.74) is 5.25. The summed E-state index contributed by atoms with van der Waals surface area (Å²) in [6, 6.07) is 13.4. The summed E-state index contributed by atoms with van der Waals surface area (Å²) in [7, 11) is 0. The minimum Gasteiger partial charge on any atom is -0.376 e. The number of aryl methyl sites for hydroxylation is 1. The van der Waals surface area contributed by atoms with Crippen LogP contribution in [0.25, 0.3) is 0 Å². The summed E-state index contributed by atoms with van der Waals surface area (Å²) in [5, 5.41) is 3.69. The first-order valence-electron chi connectivity index (χ1n) is 6.53. The average Bonchev–Trinajstić information content (AvgIpc) is 2.43. The predicted octanol–water partition coefficient (Wildman–Crippen LogP) is 5.92. The van der Waals surface area contributed by atoms with E-state index in [1.165, 1.54) is 16.7 Å². The third kappa shape index (κ3) is 2.92. The number of rotatable bonds is 2. The Morgan fingerprint density at radius 3 is 2.60 bits per heavy atom. The highest BCUT2D eigenvalue weighted by Gasteiger charge is 2.21. The average molecular weight is 413 g/mol. The zero-order valence-electron chi connectivity index (χ0n) is 11.1. The molecular formula is C16H15Br2NS. The maximum Gasteiger partial charge on any atom is 0.0634 e. The van der Waals surface area contributed by atoms with Crippen LogP contribution in [0.1, 0.15) is 22.7 Å². The molecular weight excluding hydrogens is 398 g/mol. The number of hydrogen-bond donors (Lipinski definition) is 1. The molecule has 0 spiro atoms. The molecule has 104 valence electrons. The van der Waals surface area contributed by atoms with Crippen molar-refractivity contribution >= 4 is 49.3 Å². The van der Waals surface area contributed by atoms with Crippen molar-refractivity contribution < 1.29 is 0 Å². The van der Waals surface area contributed by atoms with Gasteiger partial charge in [0.05, 0.1) is 11.7 Å². The molecule has 2 aromatic carbocycles. The van der Waals surface area contributed by atoms with Crippen LogP contribution < -0.4 is 5.32 Å². The molecule has 1 atom stereocenters. The molecule has 2 aromatic rings. The van der Waals surface area contributed by atoms with Crippen LogP contribution in [0.15, 0.2) is 45.3 Å². The summed E-state index contributed by atoms with van der Waals surface area (Å²) in [6.07, 6.45) is 0. The van der Waals surface area contributed by atoms with Crippen molar-refractivity contribution in [3.63, 3.8) is 0 Å². The van der Waals surface area contributed by atoms with Gasteiger partial charge in [0.2, 0.25) is 0 Å². The van der Waals surface area contributed by atoms with Gasteiger partial charge in [0.15, 0.2) is 0 Å². The quantitative estimate of drug-likeness (QED) is 0.656. The maximum absolute atomic E-state index is 3.69. The second-order valence-electron chi connectivity index (χ2n) is 5.01. The molecule has 4 heteroatoms. The molecule has 1 aliphatic heterocycles. The first kappa shape index (κ1) is 14.5. The van der Waals surface area contributed by atoms with Gasteiger partial charge >= 0.3 is 0 Å². The van der Waals surface area contributed by atoms with E-state index in [1.807, 2.05) is 11.8 Å². The van der Waals surface area contributed by atoms with Gasteiger partial charge in [0, 0.05) is 20.5 Å². The monoisotopic (exact) mass is 411 g/mol. The van der Waals surface area contributed by atoms with Crippen LogP contribution in [0.5, 0.6) is 0 Å². The number of nitrogens with one attached hydrogen (secondary N) is 1. The molecule has 0 saturated heterocycles. The van der Waals surface area contributed by atoms with E-state index in [1.54, 1.807) is 0 Å². The molecule has 0 amide bonds.